The van der Waals surface area contributed by atoms with Gasteiger partial charge in [0.25, 0.3) is 5.97 Å². The van der Waals surface area contributed by atoms with E-state index >= 15 is 0 Å². The van der Waals surface area contributed by atoms with E-state index in [1.807, 2.05) is 0 Å². The molecule has 0 saturated heterocycles. The maximum atomic E-state index is 12.0. The molecule has 0 aliphatic rings. The van der Waals surface area contributed by atoms with Gasteiger partial charge in [-0.25, -0.2) is 0 Å². The first-order valence-corrected chi connectivity index (χ1v) is 10.7. The molecule has 0 bridgehead atoms. The summed E-state index contributed by atoms with van der Waals surface area (Å²) in [5, 5.41) is 0. The summed E-state index contributed by atoms with van der Waals surface area (Å²) in [4.78, 5) is 12.0. The number of unbranched alkanes of at least 4 members (excludes halogenated alkanes) is 7. The maximum absolute atomic E-state index is 12.0. The average Bonchev–Trinajstić information content (AvgIpc) is 2.54. The summed E-state index contributed by atoms with van der Waals surface area (Å²) >= 11 is 0. The Hall–Kier alpha value is -0.176. The highest BCUT2D eigenvalue weighted by Gasteiger charge is 2.33. The molecule has 0 rings (SSSR count). The summed E-state index contributed by atoms with van der Waals surface area (Å²) in [7, 11) is 4.56. The van der Waals surface area contributed by atoms with E-state index in [-0.39, 0.29) is 11.9 Å². The second-order valence-electron chi connectivity index (χ2n) is 6.13. The van der Waals surface area contributed by atoms with Crippen LogP contribution in [0.25, 0.3) is 0 Å². The Morgan fingerprint density at radius 3 is 1.91 bits per heavy atom. The fourth-order valence-electron chi connectivity index (χ4n) is 2.92. The van der Waals surface area contributed by atoms with Crippen molar-refractivity contribution in [3.8, 4) is 0 Å². The maximum Gasteiger partial charge on any atom is 0.300 e. The van der Waals surface area contributed by atoms with Crippen LogP contribution in [0.15, 0.2) is 0 Å². The Bertz CT molecular complexity index is 273. The van der Waals surface area contributed by atoms with Crippen LogP contribution >= 0.6 is 0 Å². The molecule has 0 radical (unpaired) electrons. The SMILES string of the molecule is CCCCCCCCCCC([SiH3])C(C(=O)O[SiH3])C(OC)OC. The number of hydrogen-bond donors (Lipinski definition) is 0. The Kier molecular flexibility index (Phi) is 14.3. The number of rotatable bonds is 14. The van der Waals surface area contributed by atoms with Crippen molar-refractivity contribution in [1.29, 1.82) is 0 Å². The molecule has 2 unspecified atom stereocenters. The van der Waals surface area contributed by atoms with Crippen LogP contribution in [0.2, 0.25) is 5.54 Å². The number of hydrogen-bond acceptors (Lipinski definition) is 4. The molecule has 0 saturated carbocycles. The fourth-order valence-corrected chi connectivity index (χ4v) is 4.18. The van der Waals surface area contributed by atoms with Crippen LogP contribution in [0.4, 0.5) is 0 Å². The van der Waals surface area contributed by atoms with E-state index in [4.69, 9.17) is 13.9 Å². The zero-order chi connectivity index (χ0) is 16.8. The largest absolute Gasteiger partial charge is 0.528 e. The molecule has 0 aromatic carbocycles. The minimum Gasteiger partial charge on any atom is -0.528 e. The van der Waals surface area contributed by atoms with Gasteiger partial charge in [-0.2, -0.15) is 0 Å². The van der Waals surface area contributed by atoms with Gasteiger partial charge in [0.05, 0.1) is 0 Å². The van der Waals surface area contributed by atoms with Crippen LogP contribution in [0.5, 0.6) is 0 Å². The van der Waals surface area contributed by atoms with E-state index in [0.29, 0.717) is 16.0 Å². The molecular formula is C16H36O4Si2. The molecular weight excluding hydrogens is 312 g/mol. The summed E-state index contributed by atoms with van der Waals surface area (Å²) in [5.41, 5.74) is 0.353. The standard InChI is InChI=1S/C16H36O4Si2/c1-4-5-6-7-8-9-10-11-12-13(21)14(15(17)20-22)16(18-2)19-3/h13-14,16H,4-12H2,1-3,21-22H3. The van der Waals surface area contributed by atoms with Gasteiger partial charge in [0, 0.05) is 24.5 Å². The Labute approximate surface area is 142 Å². The predicted molar refractivity (Wildman–Crippen MR) is 98.2 cm³/mol. The zero-order valence-electron chi connectivity index (χ0n) is 15.2. The van der Waals surface area contributed by atoms with Gasteiger partial charge in [-0.1, -0.05) is 64.7 Å². The molecule has 132 valence electrons. The van der Waals surface area contributed by atoms with Crippen LogP contribution in [0.3, 0.4) is 0 Å². The fraction of sp³-hybridized carbons (Fsp3) is 0.938. The van der Waals surface area contributed by atoms with Crippen molar-refractivity contribution < 1.29 is 18.7 Å². The molecule has 2 atom stereocenters. The molecule has 0 aliphatic heterocycles. The van der Waals surface area contributed by atoms with Gasteiger partial charge in [-0.15, -0.1) is 0 Å². The second-order valence-corrected chi connectivity index (χ2v) is 8.02. The van der Waals surface area contributed by atoms with Gasteiger partial charge in [0.2, 0.25) is 10.5 Å². The summed E-state index contributed by atoms with van der Waals surface area (Å²) in [5.74, 6) is -0.413. The first-order chi connectivity index (χ1) is 10.6. The molecule has 0 heterocycles. The normalized spacial score (nSPS) is 14.4. The van der Waals surface area contributed by atoms with Crippen LogP contribution in [-0.2, 0) is 18.7 Å². The van der Waals surface area contributed by atoms with E-state index in [1.165, 1.54) is 51.4 Å². The van der Waals surface area contributed by atoms with Crippen LogP contribution in [0, 0.1) is 5.92 Å². The first-order valence-electron chi connectivity index (χ1n) is 8.75. The molecule has 0 spiro atoms. The van der Waals surface area contributed by atoms with Crippen molar-refractivity contribution in [3.63, 3.8) is 0 Å². The minimum atomic E-state index is -0.474. The highest BCUT2D eigenvalue weighted by Crippen LogP contribution is 2.28. The monoisotopic (exact) mass is 348 g/mol. The zero-order valence-corrected chi connectivity index (χ0v) is 19.2. The van der Waals surface area contributed by atoms with Crippen molar-refractivity contribution in [2.24, 2.45) is 5.92 Å². The average molecular weight is 349 g/mol. The van der Waals surface area contributed by atoms with E-state index < -0.39 is 6.29 Å². The lowest BCUT2D eigenvalue weighted by molar-refractivity contribution is -0.169. The number of carbonyl (C=O) groups excluding carboxylic acids is 1. The number of ether oxygens (including phenoxy) is 2. The van der Waals surface area contributed by atoms with Gasteiger partial charge < -0.3 is 13.9 Å². The molecule has 0 aliphatic carbocycles. The topological polar surface area (TPSA) is 44.8 Å². The van der Waals surface area contributed by atoms with Crippen molar-refractivity contribution in [2.75, 3.05) is 14.2 Å². The van der Waals surface area contributed by atoms with Crippen molar-refractivity contribution >= 4 is 26.7 Å². The lowest BCUT2D eigenvalue weighted by Gasteiger charge is -2.28. The van der Waals surface area contributed by atoms with E-state index in [1.54, 1.807) is 14.2 Å². The van der Waals surface area contributed by atoms with E-state index in [0.717, 1.165) is 16.7 Å². The first kappa shape index (κ1) is 21.8. The van der Waals surface area contributed by atoms with Gasteiger partial charge in [0.15, 0.2) is 6.29 Å². The van der Waals surface area contributed by atoms with Gasteiger partial charge in [-0.05, 0) is 5.54 Å². The van der Waals surface area contributed by atoms with Crippen molar-refractivity contribution in [2.45, 2.75) is 76.5 Å². The minimum absolute atomic E-state index is 0.153. The lowest BCUT2D eigenvalue weighted by atomic mass is 9.98. The van der Waals surface area contributed by atoms with Gasteiger partial charge in [-0.3, -0.25) is 4.79 Å². The van der Waals surface area contributed by atoms with Crippen LogP contribution < -0.4 is 0 Å². The quantitative estimate of drug-likeness (QED) is 0.272. The Morgan fingerprint density at radius 1 is 0.955 bits per heavy atom. The third-order valence-electron chi connectivity index (χ3n) is 4.36. The summed E-state index contributed by atoms with van der Waals surface area (Å²) < 4.78 is 15.7. The molecule has 0 fully saturated rings. The molecule has 0 amide bonds. The summed E-state index contributed by atoms with van der Waals surface area (Å²) in [6.45, 7) is 2.25. The Morgan fingerprint density at radius 2 is 1.45 bits per heavy atom. The molecule has 0 aromatic rings. The van der Waals surface area contributed by atoms with Crippen molar-refractivity contribution in [1.82, 2.24) is 0 Å². The molecule has 6 heteroatoms. The molecule has 0 aromatic heterocycles. The third-order valence-corrected chi connectivity index (χ3v) is 6.06. The number of methoxy groups -OCH3 is 2. The van der Waals surface area contributed by atoms with E-state index in [9.17, 15) is 4.79 Å². The molecule has 4 nitrogen and oxygen atoms in total. The lowest BCUT2D eigenvalue weighted by Crippen LogP contribution is -2.36. The summed E-state index contributed by atoms with van der Waals surface area (Å²) in [6, 6.07) is 0. The van der Waals surface area contributed by atoms with Gasteiger partial charge >= 0.3 is 0 Å². The van der Waals surface area contributed by atoms with Crippen LogP contribution in [-0.4, -0.2) is 47.2 Å². The Balaban J connectivity index is 4.03. The predicted octanol–water partition coefficient (Wildman–Crippen LogP) is 1.73. The smallest absolute Gasteiger partial charge is 0.300 e. The second kappa shape index (κ2) is 14.4. The van der Waals surface area contributed by atoms with Crippen molar-refractivity contribution in [3.05, 3.63) is 0 Å². The highest BCUT2D eigenvalue weighted by atomic mass is 28.2. The number of carbonyl (C=O) groups is 1. The molecule has 0 N–H and O–H groups in total. The molecule has 22 heavy (non-hydrogen) atoms. The summed E-state index contributed by atoms with van der Waals surface area (Å²) in [6.07, 6.45) is 11.1. The third kappa shape index (κ3) is 9.07. The van der Waals surface area contributed by atoms with Crippen LogP contribution in [0.1, 0.15) is 64.7 Å². The van der Waals surface area contributed by atoms with Gasteiger partial charge in [0.1, 0.15) is 5.92 Å². The highest BCUT2D eigenvalue weighted by molar-refractivity contribution is 6.14. The van der Waals surface area contributed by atoms with E-state index in [2.05, 4.69) is 6.92 Å².